The van der Waals surface area contributed by atoms with Gasteiger partial charge in [0.15, 0.2) is 5.57 Å². The fraction of sp³-hybridized carbons (Fsp3) is 0.600. The van der Waals surface area contributed by atoms with Crippen LogP contribution in [0.4, 0.5) is 0 Å². The van der Waals surface area contributed by atoms with E-state index < -0.39 is 5.91 Å². The third-order valence-electron chi connectivity index (χ3n) is 1.77. The molecule has 14 heavy (non-hydrogen) atoms. The van der Waals surface area contributed by atoms with Crippen molar-refractivity contribution in [1.29, 1.82) is 5.26 Å². The summed E-state index contributed by atoms with van der Waals surface area (Å²) in [5.41, 5.74) is -0.207. The summed E-state index contributed by atoms with van der Waals surface area (Å²) in [4.78, 5) is 11.2. The Hall–Kier alpha value is -1.50. The summed E-state index contributed by atoms with van der Waals surface area (Å²) < 4.78 is 0. The molecule has 0 atom stereocenters. The van der Waals surface area contributed by atoms with Crippen molar-refractivity contribution >= 4 is 5.91 Å². The Balaban J connectivity index is 3.98. The highest BCUT2D eigenvalue weighted by molar-refractivity contribution is 5.97. The van der Waals surface area contributed by atoms with Crippen molar-refractivity contribution in [3.8, 4) is 6.07 Å². The minimum atomic E-state index is -0.497. The zero-order chi connectivity index (χ0) is 11.0. The summed E-state index contributed by atoms with van der Waals surface area (Å²) in [7, 11) is 0. The Bertz CT molecular complexity index is 260. The van der Waals surface area contributed by atoms with Gasteiger partial charge in [-0.3, -0.25) is 4.79 Å². The van der Waals surface area contributed by atoms with Gasteiger partial charge in [0.1, 0.15) is 11.8 Å². The van der Waals surface area contributed by atoms with Crippen LogP contribution in [0.15, 0.2) is 11.3 Å². The molecule has 4 heteroatoms. The fourth-order valence-electron chi connectivity index (χ4n) is 0.961. The molecular formula is C10H16N2O2. The summed E-state index contributed by atoms with van der Waals surface area (Å²) in [6.45, 7) is 3.94. The molecule has 0 rings (SSSR count). The number of nitriles is 1. The van der Waals surface area contributed by atoms with Gasteiger partial charge in [0, 0.05) is 6.54 Å². The lowest BCUT2D eigenvalue weighted by Crippen LogP contribution is -2.26. The highest BCUT2D eigenvalue weighted by Crippen LogP contribution is 1.99. The van der Waals surface area contributed by atoms with Crippen molar-refractivity contribution in [1.82, 2.24) is 5.32 Å². The van der Waals surface area contributed by atoms with Gasteiger partial charge in [-0.25, -0.2) is 0 Å². The first-order valence-electron chi connectivity index (χ1n) is 4.71. The molecule has 0 saturated heterocycles. The lowest BCUT2D eigenvalue weighted by atomic mass is 10.2. The second-order valence-corrected chi connectivity index (χ2v) is 3.04. The third kappa shape index (κ3) is 4.51. The topological polar surface area (TPSA) is 73.1 Å². The van der Waals surface area contributed by atoms with Gasteiger partial charge in [-0.2, -0.15) is 5.26 Å². The van der Waals surface area contributed by atoms with Crippen molar-refractivity contribution in [2.45, 2.75) is 33.1 Å². The second kappa shape index (κ2) is 6.96. The van der Waals surface area contributed by atoms with Crippen LogP contribution in [-0.4, -0.2) is 17.6 Å². The van der Waals surface area contributed by atoms with Gasteiger partial charge in [-0.15, -0.1) is 0 Å². The Labute approximate surface area is 84.2 Å². The molecular weight excluding hydrogens is 180 g/mol. The van der Waals surface area contributed by atoms with E-state index in [1.165, 1.54) is 6.92 Å². The van der Waals surface area contributed by atoms with E-state index >= 15 is 0 Å². The Morgan fingerprint density at radius 3 is 2.57 bits per heavy atom. The SMILES string of the molecule is CCCCCNC(=O)C(C#N)=C(C)O. The molecule has 4 nitrogen and oxygen atoms in total. The first kappa shape index (κ1) is 12.5. The van der Waals surface area contributed by atoms with Gasteiger partial charge >= 0.3 is 0 Å². The van der Waals surface area contributed by atoms with Gasteiger partial charge in [0.2, 0.25) is 0 Å². The quantitative estimate of drug-likeness (QED) is 0.304. The van der Waals surface area contributed by atoms with Gasteiger partial charge in [-0.05, 0) is 13.3 Å². The number of hydrogen-bond acceptors (Lipinski definition) is 3. The molecule has 0 saturated carbocycles. The molecule has 0 heterocycles. The lowest BCUT2D eigenvalue weighted by molar-refractivity contribution is -0.117. The highest BCUT2D eigenvalue weighted by Gasteiger charge is 2.10. The molecule has 0 aliphatic carbocycles. The molecule has 0 radical (unpaired) electrons. The molecule has 0 aliphatic rings. The summed E-state index contributed by atoms with van der Waals surface area (Å²) in [5.74, 6) is -0.732. The number of unbranched alkanes of at least 4 members (excludes halogenated alkanes) is 2. The molecule has 1 amide bonds. The maximum atomic E-state index is 11.2. The number of carbonyl (C=O) groups excluding carboxylic acids is 1. The average Bonchev–Trinajstić information content (AvgIpc) is 2.13. The van der Waals surface area contributed by atoms with E-state index in [1.54, 1.807) is 6.07 Å². The Morgan fingerprint density at radius 1 is 1.50 bits per heavy atom. The van der Waals surface area contributed by atoms with Crippen molar-refractivity contribution in [2.75, 3.05) is 6.54 Å². The Morgan fingerprint density at radius 2 is 2.14 bits per heavy atom. The van der Waals surface area contributed by atoms with Crippen LogP contribution in [-0.2, 0) is 4.79 Å². The third-order valence-corrected chi connectivity index (χ3v) is 1.77. The smallest absolute Gasteiger partial charge is 0.265 e. The average molecular weight is 196 g/mol. The van der Waals surface area contributed by atoms with Crippen LogP contribution in [0.2, 0.25) is 0 Å². The van der Waals surface area contributed by atoms with Crippen molar-refractivity contribution in [2.24, 2.45) is 0 Å². The fourth-order valence-corrected chi connectivity index (χ4v) is 0.961. The molecule has 0 aliphatic heterocycles. The zero-order valence-electron chi connectivity index (χ0n) is 8.63. The first-order chi connectivity index (χ1) is 6.63. The monoisotopic (exact) mass is 196 g/mol. The lowest BCUT2D eigenvalue weighted by Gasteiger charge is -2.03. The van der Waals surface area contributed by atoms with E-state index in [9.17, 15) is 4.79 Å². The number of allylic oxidation sites excluding steroid dienone is 1. The number of rotatable bonds is 5. The number of nitrogens with one attached hydrogen (secondary N) is 1. The van der Waals surface area contributed by atoms with Gasteiger partial charge in [-0.1, -0.05) is 19.8 Å². The molecule has 0 bridgehead atoms. The molecule has 0 aromatic heterocycles. The van der Waals surface area contributed by atoms with Crippen LogP contribution in [0, 0.1) is 11.3 Å². The first-order valence-corrected chi connectivity index (χ1v) is 4.71. The largest absolute Gasteiger partial charge is 0.511 e. The molecule has 0 fully saturated rings. The van der Waals surface area contributed by atoms with Crippen LogP contribution in [0.3, 0.4) is 0 Å². The number of amides is 1. The maximum Gasteiger partial charge on any atom is 0.265 e. The van der Waals surface area contributed by atoms with Gasteiger partial charge in [0.25, 0.3) is 5.91 Å². The summed E-state index contributed by atoms with van der Waals surface area (Å²) in [6, 6.07) is 1.66. The number of carbonyl (C=O) groups is 1. The predicted octanol–water partition coefficient (Wildman–Crippen LogP) is 1.65. The highest BCUT2D eigenvalue weighted by atomic mass is 16.3. The van der Waals surface area contributed by atoms with Crippen LogP contribution in [0.25, 0.3) is 0 Å². The number of hydrogen-bond donors (Lipinski definition) is 2. The Kier molecular flexibility index (Phi) is 6.21. The van der Waals surface area contributed by atoms with Gasteiger partial charge < -0.3 is 10.4 Å². The standard InChI is InChI=1S/C10H16N2O2/c1-3-4-5-6-12-10(14)9(7-11)8(2)13/h13H,3-6H2,1-2H3,(H,12,14). The van der Waals surface area contributed by atoms with Crippen LogP contribution < -0.4 is 5.32 Å². The van der Waals surface area contributed by atoms with Gasteiger partial charge in [0.05, 0.1) is 0 Å². The van der Waals surface area contributed by atoms with E-state index in [1.807, 2.05) is 0 Å². The molecule has 2 N–H and O–H groups in total. The van der Waals surface area contributed by atoms with Crippen LogP contribution in [0.5, 0.6) is 0 Å². The van der Waals surface area contributed by atoms with E-state index in [2.05, 4.69) is 12.2 Å². The van der Waals surface area contributed by atoms with Crippen molar-refractivity contribution < 1.29 is 9.90 Å². The summed E-state index contributed by atoms with van der Waals surface area (Å²) >= 11 is 0. The summed E-state index contributed by atoms with van der Waals surface area (Å²) in [6.07, 6.45) is 3.02. The zero-order valence-corrected chi connectivity index (χ0v) is 8.63. The van der Waals surface area contributed by atoms with E-state index in [-0.39, 0.29) is 11.3 Å². The van der Waals surface area contributed by atoms with Crippen molar-refractivity contribution in [3.05, 3.63) is 11.3 Å². The molecule has 0 aromatic carbocycles. The molecule has 0 unspecified atom stereocenters. The van der Waals surface area contributed by atoms with Crippen molar-refractivity contribution in [3.63, 3.8) is 0 Å². The number of aliphatic hydroxyl groups is 1. The van der Waals surface area contributed by atoms with Crippen LogP contribution >= 0.6 is 0 Å². The molecule has 0 aromatic rings. The van der Waals surface area contributed by atoms with E-state index in [0.29, 0.717) is 6.54 Å². The molecule has 0 spiro atoms. The van der Waals surface area contributed by atoms with Crippen LogP contribution in [0.1, 0.15) is 33.1 Å². The molecule has 78 valence electrons. The van der Waals surface area contributed by atoms with E-state index in [0.717, 1.165) is 19.3 Å². The normalized spacial score (nSPS) is 11.5. The number of nitrogens with zero attached hydrogens (tertiary/aromatic N) is 1. The number of aliphatic hydroxyl groups excluding tert-OH is 1. The maximum absolute atomic E-state index is 11.2. The van der Waals surface area contributed by atoms with E-state index in [4.69, 9.17) is 10.4 Å². The summed E-state index contributed by atoms with van der Waals surface area (Å²) in [5, 5.41) is 20.1. The minimum absolute atomic E-state index is 0.207. The predicted molar refractivity (Wildman–Crippen MR) is 53.5 cm³/mol. The minimum Gasteiger partial charge on any atom is -0.511 e. The second-order valence-electron chi connectivity index (χ2n) is 3.04.